The second kappa shape index (κ2) is 7.46. The molecule has 0 N–H and O–H groups in total. The Kier molecular flexibility index (Phi) is 4.83. The topological polar surface area (TPSA) is 45.9 Å². The van der Waals surface area contributed by atoms with Crippen LogP contribution in [0.5, 0.6) is 5.75 Å². The summed E-state index contributed by atoms with van der Waals surface area (Å²) < 4.78 is 41.3. The predicted octanol–water partition coefficient (Wildman–Crippen LogP) is 6.64. The van der Waals surface area contributed by atoms with Crippen LogP contribution in [0.25, 0.3) is 33.3 Å². The average molecular weight is 411 g/mol. The highest BCUT2D eigenvalue weighted by atomic mass is 35.5. The number of fused-ring (bicyclic) bond motifs is 1. The van der Waals surface area contributed by atoms with Crippen molar-refractivity contribution >= 4 is 22.5 Å². The summed E-state index contributed by atoms with van der Waals surface area (Å²) >= 11 is 6.28. The highest BCUT2D eigenvalue weighted by Crippen LogP contribution is 2.37. The van der Waals surface area contributed by atoms with Crippen LogP contribution in [0, 0.1) is 23.0 Å². The summed E-state index contributed by atoms with van der Waals surface area (Å²) in [7, 11) is 0. The Morgan fingerprint density at radius 1 is 0.966 bits per heavy atom. The van der Waals surface area contributed by atoms with E-state index in [1.165, 1.54) is 36.4 Å². The number of nitrogens with zero attached hydrogens (tertiary/aromatic N) is 2. The van der Waals surface area contributed by atoms with Gasteiger partial charge < -0.3 is 0 Å². The van der Waals surface area contributed by atoms with Crippen LogP contribution in [0.4, 0.5) is 13.3 Å². The van der Waals surface area contributed by atoms with Gasteiger partial charge >= 0.3 is 0 Å². The van der Waals surface area contributed by atoms with Crippen molar-refractivity contribution in [1.29, 1.82) is 5.26 Å². The van der Waals surface area contributed by atoms with Crippen LogP contribution >= 0.6 is 11.6 Å². The minimum absolute atomic E-state index is 0.00773. The summed E-state index contributed by atoms with van der Waals surface area (Å²) in [5.41, 5.74) is 1.08. The molecule has 0 atom stereocenters. The van der Waals surface area contributed by atoms with Crippen molar-refractivity contribution in [2.75, 3.05) is 0 Å². The summed E-state index contributed by atoms with van der Waals surface area (Å²) in [6.45, 7) is 0. The van der Waals surface area contributed by atoms with Gasteiger partial charge in [-0.05, 0) is 42.0 Å². The summed E-state index contributed by atoms with van der Waals surface area (Å²) in [6, 6.07) is 16.1. The molecule has 3 nitrogen and oxygen atoms in total. The highest BCUT2D eigenvalue weighted by Gasteiger charge is 2.19. The van der Waals surface area contributed by atoms with Gasteiger partial charge in [0.1, 0.15) is 17.7 Å². The second-order valence-electron chi connectivity index (χ2n) is 6.19. The molecule has 0 saturated heterocycles. The molecule has 0 spiro atoms. The van der Waals surface area contributed by atoms with E-state index in [0.717, 1.165) is 0 Å². The Hall–Kier alpha value is -3.56. The third kappa shape index (κ3) is 3.26. The molecule has 0 bridgehead atoms. The Morgan fingerprint density at radius 2 is 1.76 bits per heavy atom. The van der Waals surface area contributed by atoms with Crippen molar-refractivity contribution in [3.05, 3.63) is 82.9 Å². The van der Waals surface area contributed by atoms with Crippen LogP contribution in [-0.2, 0) is 0 Å². The van der Waals surface area contributed by atoms with E-state index < -0.39 is 11.6 Å². The number of para-hydroxylation sites is 1. The Morgan fingerprint density at radius 3 is 2.48 bits per heavy atom. The number of halogens is 4. The summed E-state index contributed by atoms with van der Waals surface area (Å²) in [5.74, 6) is -1.26. The van der Waals surface area contributed by atoms with E-state index in [1.807, 2.05) is 6.07 Å². The number of pyridine rings is 1. The maximum atomic E-state index is 15.0. The monoisotopic (exact) mass is 410 g/mol. The van der Waals surface area contributed by atoms with Gasteiger partial charge in [0, 0.05) is 21.0 Å². The highest BCUT2D eigenvalue weighted by molar-refractivity contribution is 6.37. The largest absolute Gasteiger partial charge is 0.294 e. The van der Waals surface area contributed by atoms with Gasteiger partial charge in [0.25, 0.3) is 0 Å². The van der Waals surface area contributed by atoms with Crippen LogP contribution < -0.4 is 4.94 Å². The molecule has 0 radical (unpaired) electrons. The quantitative estimate of drug-likeness (QED) is 0.380. The van der Waals surface area contributed by atoms with E-state index in [9.17, 15) is 18.6 Å². The van der Waals surface area contributed by atoms with E-state index in [1.54, 1.807) is 24.3 Å². The fourth-order valence-corrected chi connectivity index (χ4v) is 3.42. The Balaban J connectivity index is 1.91. The molecule has 4 aromatic rings. The maximum absolute atomic E-state index is 15.0. The van der Waals surface area contributed by atoms with Crippen molar-refractivity contribution in [2.45, 2.75) is 0 Å². The number of benzene rings is 3. The molecular weight excluding hydrogens is 401 g/mol. The second-order valence-corrected chi connectivity index (χ2v) is 6.57. The van der Waals surface area contributed by atoms with Gasteiger partial charge in [0.05, 0.1) is 21.8 Å². The first-order valence-electron chi connectivity index (χ1n) is 8.40. The molecule has 1 aromatic heterocycles. The first-order chi connectivity index (χ1) is 14.0. The minimum Gasteiger partial charge on any atom is -0.294 e. The number of hydrogen-bond acceptors (Lipinski definition) is 3. The van der Waals surface area contributed by atoms with Gasteiger partial charge in [-0.3, -0.25) is 4.94 Å². The molecule has 0 aliphatic heterocycles. The molecule has 29 heavy (non-hydrogen) atoms. The van der Waals surface area contributed by atoms with Gasteiger partial charge in [0.15, 0.2) is 5.75 Å². The van der Waals surface area contributed by atoms with Crippen LogP contribution in [0.15, 0.2) is 60.7 Å². The van der Waals surface area contributed by atoms with E-state index in [0.29, 0.717) is 16.6 Å². The lowest BCUT2D eigenvalue weighted by Gasteiger charge is -2.11. The third-order valence-electron chi connectivity index (χ3n) is 4.50. The van der Waals surface area contributed by atoms with E-state index in [4.69, 9.17) is 11.6 Å². The average Bonchev–Trinajstić information content (AvgIpc) is 2.74. The van der Waals surface area contributed by atoms with Gasteiger partial charge in [-0.2, -0.15) is 5.26 Å². The third-order valence-corrected chi connectivity index (χ3v) is 4.89. The lowest BCUT2D eigenvalue weighted by molar-refractivity contribution is -0.00545. The number of aromatic nitrogens is 1. The van der Waals surface area contributed by atoms with Crippen molar-refractivity contribution in [2.24, 2.45) is 0 Å². The van der Waals surface area contributed by atoms with Crippen molar-refractivity contribution in [3.8, 4) is 34.2 Å². The molecule has 3 aromatic carbocycles. The summed E-state index contributed by atoms with van der Waals surface area (Å²) in [5, 5.41) is 9.79. The van der Waals surface area contributed by atoms with Crippen molar-refractivity contribution in [3.63, 3.8) is 0 Å². The number of nitriles is 1. The smallest absolute Gasteiger partial charge is 0.179 e. The molecule has 0 amide bonds. The van der Waals surface area contributed by atoms with E-state index in [2.05, 4.69) is 9.93 Å². The molecule has 4 rings (SSSR count). The summed E-state index contributed by atoms with van der Waals surface area (Å²) in [6.07, 6.45) is 0. The molecule has 0 aliphatic rings. The van der Waals surface area contributed by atoms with Gasteiger partial charge in [-0.15, -0.1) is 0 Å². The van der Waals surface area contributed by atoms with Crippen LogP contribution in [0.1, 0.15) is 5.56 Å². The zero-order chi connectivity index (χ0) is 20.5. The van der Waals surface area contributed by atoms with Crippen LogP contribution in [-0.4, -0.2) is 4.98 Å². The Bertz CT molecular complexity index is 1300. The molecule has 142 valence electrons. The number of hydrogen-bond donors (Lipinski definition) is 0. The Labute approximate surface area is 168 Å². The van der Waals surface area contributed by atoms with E-state index >= 15 is 0 Å². The zero-order valence-electron chi connectivity index (χ0n) is 14.6. The summed E-state index contributed by atoms with van der Waals surface area (Å²) in [4.78, 5) is 8.16. The first kappa shape index (κ1) is 18.8. The molecular formula is C22H10ClF3N2O. The molecule has 1 heterocycles. The van der Waals surface area contributed by atoms with Gasteiger partial charge in [-0.25, -0.2) is 13.8 Å². The normalized spacial score (nSPS) is 10.7. The SMILES string of the molecule is N#Cc1c(-c2ccc(-c3ccccc3OF)cc2F)nc2ccc(F)cc2c1Cl. The number of rotatable bonds is 3. The van der Waals surface area contributed by atoms with Crippen molar-refractivity contribution < 1.29 is 18.2 Å². The van der Waals surface area contributed by atoms with Crippen LogP contribution in [0.2, 0.25) is 5.02 Å². The van der Waals surface area contributed by atoms with Gasteiger partial charge in [-0.1, -0.05) is 35.9 Å². The lowest BCUT2D eigenvalue weighted by Crippen LogP contribution is -1.96. The molecule has 0 saturated carbocycles. The van der Waals surface area contributed by atoms with Crippen molar-refractivity contribution in [1.82, 2.24) is 4.98 Å². The van der Waals surface area contributed by atoms with Crippen LogP contribution in [0.3, 0.4) is 0 Å². The van der Waals surface area contributed by atoms with Gasteiger partial charge in [0.2, 0.25) is 0 Å². The first-order valence-corrected chi connectivity index (χ1v) is 8.78. The molecule has 7 heteroatoms. The fraction of sp³-hybridized carbons (Fsp3) is 0. The molecule has 0 aliphatic carbocycles. The predicted molar refractivity (Wildman–Crippen MR) is 104 cm³/mol. The molecule has 0 unspecified atom stereocenters. The minimum atomic E-state index is -0.683. The lowest BCUT2D eigenvalue weighted by atomic mass is 9.98. The standard InChI is InChI=1S/C22H10ClF3N2O/c23-21-16-10-13(24)6-8-19(16)28-22(17(21)11-27)15-7-5-12(9-18(15)25)14-3-1-2-4-20(14)29-26/h1-10H. The van der Waals surface area contributed by atoms with E-state index in [-0.39, 0.29) is 33.0 Å². The molecule has 0 fully saturated rings. The maximum Gasteiger partial charge on any atom is 0.179 e. The zero-order valence-corrected chi connectivity index (χ0v) is 15.3. The fourth-order valence-electron chi connectivity index (χ4n) is 3.14.